The number of nitro groups is 1. The van der Waals surface area contributed by atoms with Gasteiger partial charge in [0.15, 0.2) is 5.60 Å². The third-order valence-corrected chi connectivity index (χ3v) is 3.82. The number of rotatable bonds is 4. The number of hydrogen-bond donors (Lipinski definition) is 3. The van der Waals surface area contributed by atoms with E-state index in [0.717, 1.165) is 6.20 Å². The lowest BCUT2D eigenvalue weighted by Crippen LogP contribution is -2.44. The van der Waals surface area contributed by atoms with E-state index in [0.29, 0.717) is 12.8 Å². The average molecular weight is 352 g/mol. The van der Waals surface area contributed by atoms with Crippen molar-refractivity contribution < 1.29 is 19.9 Å². The SMILES string of the molecule is Cl.O=C(O)[C@]1(O)CC[C@@H](Nc2cc(Cl)ncc2[N+](=O)[O-])CC1. The van der Waals surface area contributed by atoms with Gasteiger partial charge >= 0.3 is 11.7 Å². The summed E-state index contributed by atoms with van der Waals surface area (Å²) in [4.78, 5) is 25.0. The van der Waals surface area contributed by atoms with E-state index in [1.54, 1.807) is 0 Å². The molecule has 0 amide bonds. The smallest absolute Gasteiger partial charge is 0.335 e. The lowest BCUT2D eigenvalue weighted by Gasteiger charge is -2.33. The summed E-state index contributed by atoms with van der Waals surface area (Å²) in [5.41, 5.74) is -1.66. The van der Waals surface area contributed by atoms with Crippen LogP contribution in [-0.4, -0.2) is 37.7 Å². The van der Waals surface area contributed by atoms with Crippen molar-refractivity contribution in [1.82, 2.24) is 4.98 Å². The van der Waals surface area contributed by atoms with Crippen molar-refractivity contribution in [2.75, 3.05) is 5.32 Å². The first-order valence-corrected chi connectivity index (χ1v) is 6.72. The predicted octanol–water partition coefficient (Wildman–Crippen LogP) is 2.24. The van der Waals surface area contributed by atoms with Gasteiger partial charge in [0.25, 0.3) is 0 Å². The minimum atomic E-state index is -1.71. The molecule has 1 aliphatic rings. The molecule has 2 rings (SSSR count). The van der Waals surface area contributed by atoms with Crippen molar-refractivity contribution >= 4 is 41.4 Å². The number of aromatic nitrogens is 1. The van der Waals surface area contributed by atoms with E-state index < -0.39 is 16.5 Å². The van der Waals surface area contributed by atoms with Crippen LogP contribution in [0.1, 0.15) is 25.7 Å². The number of aliphatic carboxylic acids is 1. The van der Waals surface area contributed by atoms with Crippen molar-refractivity contribution in [2.45, 2.75) is 37.3 Å². The number of nitrogens with zero attached hydrogens (tertiary/aromatic N) is 2. The fourth-order valence-corrected chi connectivity index (χ4v) is 2.52. The molecule has 3 N–H and O–H groups in total. The average Bonchev–Trinajstić information content (AvgIpc) is 2.41. The standard InChI is InChI=1S/C12H14ClN3O5.ClH/c13-10-5-8(9(6-14-10)16(20)21)15-7-1-3-12(19,4-2-7)11(17)18;/h5-7,19H,1-4H2,(H,14,15)(H,17,18);1H/t7-,12+;. The zero-order valence-electron chi connectivity index (χ0n) is 11.4. The summed E-state index contributed by atoms with van der Waals surface area (Å²) in [6, 6.07) is 1.19. The molecule has 10 heteroatoms. The fourth-order valence-electron chi connectivity index (χ4n) is 2.36. The minimum absolute atomic E-state index is 0. The van der Waals surface area contributed by atoms with Crippen LogP contribution < -0.4 is 5.32 Å². The summed E-state index contributed by atoms with van der Waals surface area (Å²) in [6.07, 6.45) is 2.03. The van der Waals surface area contributed by atoms with E-state index in [4.69, 9.17) is 16.7 Å². The number of anilines is 1. The Morgan fingerprint density at radius 3 is 2.59 bits per heavy atom. The van der Waals surface area contributed by atoms with Crippen LogP contribution in [0.3, 0.4) is 0 Å². The van der Waals surface area contributed by atoms with Gasteiger partial charge in [-0.2, -0.15) is 0 Å². The van der Waals surface area contributed by atoms with E-state index in [2.05, 4.69) is 10.3 Å². The summed E-state index contributed by atoms with van der Waals surface area (Å²) in [5, 5.41) is 32.8. The van der Waals surface area contributed by atoms with Crippen LogP contribution in [-0.2, 0) is 4.79 Å². The number of carboxylic acid groups (broad SMARTS) is 1. The largest absolute Gasteiger partial charge is 0.479 e. The van der Waals surface area contributed by atoms with Crippen molar-refractivity contribution in [1.29, 1.82) is 0 Å². The van der Waals surface area contributed by atoms with E-state index in [1.165, 1.54) is 6.07 Å². The highest BCUT2D eigenvalue weighted by Crippen LogP contribution is 2.33. The van der Waals surface area contributed by atoms with Crippen molar-refractivity contribution in [3.05, 3.63) is 27.5 Å². The molecule has 1 heterocycles. The molecule has 0 bridgehead atoms. The first-order chi connectivity index (χ1) is 9.82. The molecule has 8 nitrogen and oxygen atoms in total. The maximum atomic E-state index is 10.9. The molecule has 0 saturated heterocycles. The lowest BCUT2D eigenvalue weighted by molar-refractivity contribution is -0.384. The van der Waals surface area contributed by atoms with Crippen molar-refractivity contribution in [2.24, 2.45) is 0 Å². The number of hydrogen-bond acceptors (Lipinski definition) is 6. The Bertz CT molecular complexity index is 576. The third-order valence-electron chi connectivity index (χ3n) is 3.62. The maximum absolute atomic E-state index is 10.9. The van der Waals surface area contributed by atoms with Gasteiger partial charge in [-0.25, -0.2) is 9.78 Å². The van der Waals surface area contributed by atoms with Crippen molar-refractivity contribution in [3.63, 3.8) is 0 Å². The van der Waals surface area contributed by atoms with Gasteiger partial charge in [-0.05, 0) is 25.7 Å². The molecule has 0 aromatic carbocycles. The highest BCUT2D eigenvalue weighted by Gasteiger charge is 2.40. The number of halogens is 2. The van der Waals surface area contributed by atoms with Crippen LogP contribution in [0, 0.1) is 10.1 Å². The molecule has 122 valence electrons. The van der Waals surface area contributed by atoms with E-state index in [-0.39, 0.29) is 47.8 Å². The Labute approximate surface area is 137 Å². The fraction of sp³-hybridized carbons (Fsp3) is 0.500. The van der Waals surface area contributed by atoms with E-state index in [9.17, 15) is 20.0 Å². The molecular formula is C12H15Cl2N3O5. The maximum Gasteiger partial charge on any atom is 0.335 e. The number of carbonyl (C=O) groups is 1. The van der Waals surface area contributed by atoms with Crippen LogP contribution in [0.2, 0.25) is 5.15 Å². The Morgan fingerprint density at radius 1 is 1.50 bits per heavy atom. The predicted molar refractivity (Wildman–Crippen MR) is 81.6 cm³/mol. The molecule has 0 aliphatic heterocycles. The third kappa shape index (κ3) is 3.96. The number of carboxylic acids is 1. The number of aliphatic hydroxyl groups is 1. The first kappa shape index (κ1) is 18.4. The van der Waals surface area contributed by atoms with Gasteiger partial charge in [0, 0.05) is 12.1 Å². The second-order valence-corrected chi connectivity index (χ2v) is 5.42. The van der Waals surface area contributed by atoms with Gasteiger partial charge in [0.1, 0.15) is 17.0 Å². The summed E-state index contributed by atoms with van der Waals surface area (Å²) >= 11 is 5.73. The first-order valence-electron chi connectivity index (χ1n) is 6.34. The van der Waals surface area contributed by atoms with Gasteiger partial charge in [0.05, 0.1) is 4.92 Å². The zero-order chi connectivity index (χ0) is 15.6. The van der Waals surface area contributed by atoms with Gasteiger partial charge in [-0.15, -0.1) is 12.4 Å². The topological polar surface area (TPSA) is 126 Å². The number of nitrogens with one attached hydrogen (secondary N) is 1. The highest BCUT2D eigenvalue weighted by atomic mass is 35.5. The Balaban J connectivity index is 0.00000242. The van der Waals surface area contributed by atoms with E-state index >= 15 is 0 Å². The second-order valence-electron chi connectivity index (χ2n) is 5.04. The molecule has 0 spiro atoms. The normalized spacial score (nSPS) is 24.2. The Morgan fingerprint density at radius 2 is 2.09 bits per heavy atom. The van der Waals surface area contributed by atoms with Crippen LogP contribution in [0.25, 0.3) is 0 Å². The summed E-state index contributed by atoms with van der Waals surface area (Å²) in [6.45, 7) is 0. The lowest BCUT2D eigenvalue weighted by atomic mass is 9.82. The molecule has 1 saturated carbocycles. The molecule has 1 aliphatic carbocycles. The van der Waals surface area contributed by atoms with Crippen LogP contribution in [0.5, 0.6) is 0 Å². The van der Waals surface area contributed by atoms with Gasteiger partial charge in [0.2, 0.25) is 0 Å². The summed E-state index contributed by atoms with van der Waals surface area (Å²) in [7, 11) is 0. The monoisotopic (exact) mass is 351 g/mol. The van der Waals surface area contributed by atoms with Crippen LogP contribution >= 0.6 is 24.0 Å². The molecule has 0 atom stereocenters. The minimum Gasteiger partial charge on any atom is -0.479 e. The van der Waals surface area contributed by atoms with Crippen LogP contribution in [0.4, 0.5) is 11.4 Å². The molecule has 0 radical (unpaired) electrons. The summed E-state index contributed by atoms with van der Waals surface area (Å²) in [5.74, 6) is -1.24. The van der Waals surface area contributed by atoms with Crippen molar-refractivity contribution in [3.8, 4) is 0 Å². The second kappa shape index (κ2) is 7.08. The molecule has 22 heavy (non-hydrogen) atoms. The Hall–Kier alpha value is -1.64. The molecule has 1 aromatic heterocycles. The highest BCUT2D eigenvalue weighted by molar-refractivity contribution is 6.29. The summed E-state index contributed by atoms with van der Waals surface area (Å²) < 4.78 is 0. The zero-order valence-corrected chi connectivity index (χ0v) is 12.9. The molecular weight excluding hydrogens is 337 g/mol. The van der Waals surface area contributed by atoms with Gasteiger partial charge in [-0.3, -0.25) is 10.1 Å². The molecule has 1 fully saturated rings. The number of pyridine rings is 1. The van der Waals surface area contributed by atoms with Gasteiger partial charge in [-0.1, -0.05) is 11.6 Å². The van der Waals surface area contributed by atoms with E-state index in [1.807, 2.05) is 0 Å². The quantitative estimate of drug-likeness (QED) is 0.431. The molecule has 0 unspecified atom stereocenters. The van der Waals surface area contributed by atoms with Crippen LogP contribution in [0.15, 0.2) is 12.3 Å². The Kier molecular flexibility index (Phi) is 5.92. The van der Waals surface area contributed by atoms with Gasteiger partial charge < -0.3 is 15.5 Å². The molecule has 1 aromatic rings.